The molecule has 0 saturated carbocycles. The molecule has 20 heavy (non-hydrogen) atoms. The van der Waals surface area contributed by atoms with Crippen molar-refractivity contribution in [2.45, 2.75) is 44.6 Å². The first-order chi connectivity index (χ1) is 9.45. The lowest BCUT2D eigenvalue weighted by atomic mass is 9.80. The third-order valence-corrected chi connectivity index (χ3v) is 6.32. The highest BCUT2D eigenvalue weighted by molar-refractivity contribution is 7.89. The third-order valence-electron chi connectivity index (χ3n) is 4.50. The lowest BCUT2D eigenvalue weighted by Gasteiger charge is -2.51. The van der Waals surface area contributed by atoms with Crippen LogP contribution in [0.4, 0.5) is 0 Å². The Morgan fingerprint density at radius 3 is 2.70 bits per heavy atom. The molecular formula is C14H24N2O3S. The van der Waals surface area contributed by atoms with Gasteiger partial charge in [-0.2, -0.15) is 4.31 Å². The van der Waals surface area contributed by atoms with Gasteiger partial charge in [-0.05, 0) is 32.6 Å². The Kier molecular flexibility index (Phi) is 4.54. The molecular weight excluding hydrogens is 276 g/mol. The molecule has 0 N–H and O–H groups in total. The molecule has 1 amide bonds. The maximum Gasteiger partial charge on any atom is 0.223 e. The highest BCUT2D eigenvalue weighted by Gasteiger charge is 2.46. The van der Waals surface area contributed by atoms with Gasteiger partial charge in [0.05, 0.1) is 11.3 Å². The summed E-state index contributed by atoms with van der Waals surface area (Å²) in [4.78, 5) is 14.1. The van der Waals surface area contributed by atoms with Crippen LogP contribution in [0.1, 0.15) is 39.0 Å². The van der Waals surface area contributed by atoms with Gasteiger partial charge in [0.1, 0.15) is 0 Å². The van der Waals surface area contributed by atoms with Crippen LogP contribution in [0, 0.1) is 0 Å². The molecule has 2 aliphatic heterocycles. The van der Waals surface area contributed by atoms with Crippen molar-refractivity contribution in [1.82, 2.24) is 9.21 Å². The summed E-state index contributed by atoms with van der Waals surface area (Å²) in [6, 6.07) is 0. The van der Waals surface area contributed by atoms with E-state index in [0.717, 1.165) is 25.7 Å². The van der Waals surface area contributed by atoms with Crippen molar-refractivity contribution in [3.05, 3.63) is 12.7 Å². The number of carbonyl (C=O) groups excluding carboxylic acids is 1. The number of hydrogen-bond acceptors (Lipinski definition) is 3. The molecule has 2 saturated heterocycles. The van der Waals surface area contributed by atoms with Gasteiger partial charge in [-0.25, -0.2) is 8.42 Å². The molecule has 2 aliphatic rings. The van der Waals surface area contributed by atoms with E-state index in [0.29, 0.717) is 26.1 Å². The molecule has 0 aromatic carbocycles. The molecule has 6 heteroatoms. The Morgan fingerprint density at radius 2 is 2.05 bits per heavy atom. The van der Waals surface area contributed by atoms with E-state index in [1.165, 1.54) is 0 Å². The summed E-state index contributed by atoms with van der Waals surface area (Å²) in [6.07, 6.45) is 5.76. The molecule has 0 bridgehead atoms. The van der Waals surface area contributed by atoms with Crippen molar-refractivity contribution in [3.8, 4) is 0 Å². The Hall–Kier alpha value is -0.880. The summed E-state index contributed by atoms with van der Waals surface area (Å²) in [5.41, 5.74) is -0.315. The molecule has 0 unspecified atom stereocenters. The van der Waals surface area contributed by atoms with Crippen molar-refractivity contribution in [2.24, 2.45) is 0 Å². The monoisotopic (exact) mass is 300 g/mol. The SMILES string of the molecule is C=CCN1C(=O)CCC[C@@]12CCCN(S(=O)(=O)CC)C2. The van der Waals surface area contributed by atoms with Crippen molar-refractivity contribution in [1.29, 1.82) is 0 Å². The summed E-state index contributed by atoms with van der Waals surface area (Å²) in [5, 5.41) is 0. The zero-order chi connectivity index (χ0) is 14.8. The average Bonchev–Trinajstić information content (AvgIpc) is 2.43. The molecule has 114 valence electrons. The van der Waals surface area contributed by atoms with Crippen molar-refractivity contribution < 1.29 is 13.2 Å². The van der Waals surface area contributed by atoms with Gasteiger partial charge in [-0.3, -0.25) is 4.79 Å². The van der Waals surface area contributed by atoms with Crippen molar-refractivity contribution in [2.75, 3.05) is 25.4 Å². The molecule has 5 nitrogen and oxygen atoms in total. The van der Waals surface area contributed by atoms with E-state index in [9.17, 15) is 13.2 Å². The minimum absolute atomic E-state index is 0.123. The van der Waals surface area contributed by atoms with Gasteiger partial charge in [0.2, 0.25) is 15.9 Å². The molecule has 2 rings (SSSR count). The van der Waals surface area contributed by atoms with Gasteiger partial charge in [-0.1, -0.05) is 6.08 Å². The van der Waals surface area contributed by atoms with Gasteiger partial charge in [-0.15, -0.1) is 6.58 Å². The Labute approximate surface area is 121 Å². The summed E-state index contributed by atoms with van der Waals surface area (Å²) in [7, 11) is -3.18. The van der Waals surface area contributed by atoms with Crippen LogP contribution in [-0.2, 0) is 14.8 Å². The number of nitrogens with zero attached hydrogens (tertiary/aromatic N) is 2. The molecule has 2 fully saturated rings. The summed E-state index contributed by atoms with van der Waals surface area (Å²) < 4.78 is 25.8. The Morgan fingerprint density at radius 1 is 1.35 bits per heavy atom. The zero-order valence-corrected chi connectivity index (χ0v) is 13.0. The maximum atomic E-state index is 12.2. The second-order valence-electron chi connectivity index (χ2n) is 5.71. The van der Waals surface area contributed by atoms with Crippen LogP contribution in [0.2, 0.25) is 0 Å². The van der Waals surface area contributed by atoms with Gasteiger partial charge >= 0.3 is 0 Å². The fourth-order valence-electron chi connectivity index (χ4n) is 3.44. The molecule has 0 aromatic rings. The van der Waals surface area contributed by atoms with Gasteiger partial charge in [0.25, 0.3) is 0 Å². The van der Waals surface area contributed by atoms with Crippen LogP contribution in [-0.4, -0.2) is 54.5 Å². The first-order valence-electron chi connectivity index (χ1n) is 7.34. The first kappa shape index (κ1) is 15.5. The quantitative estimate of drug-likeness (QED) is 0.737. The molecule has 0 radical (unpaired) electrons. The summed E-state index contributed by atoms with van der Waals surface area (Å²) in [5.74, 6) is 0.255. The van der Waals surface area contributed by atoms with Crippen LogP contribution in [0.5, 0.6) is 0 Å². The third kappa shape index (κ3) is 2.76. The van der Waals surface area contributed by atoms with Crippen LogP contribution in [0.3, 0.4) is 0 Å². The Balaban J connectivity index is 2.27. The smallest absolute Gasteiger partial charge is 0.223 e. The maximum absolute atomic E-state index is 12.2. The number of piperidine rings is 2. The van der Waals surface area contributed by atoms with Gasteiger partial charge < -0.3 is 4.90 Å². The number of rotatable bonds is 4. The predicted octanol–water partition coefficient (Wildman–Crippen LogP) is 1.37. The molecule has 2 heterocycles. The normalized spacial score (nSPS) is 28.9. The van der Waals surface area contributed by atoms with E-state index in [1.807, 2.05) is 4.90 Å². The van der Waals surface area contributed by atoms with Crippen molar-refractivity contribution in [3.63, 3.8) is 0 Å². The van der Waals surface area contributed by atoms with Crippen molar-refractivity contribution >= 4 is 15.9 Å². The number of amides is 1. The zero-order valence-electron chi connectivity index (χ0n) is 12.2. The lowest BCUT2D eigenvalue weighted by Crippen LogP contribution is -2.63. The first-order valence-corrected chi connectivity index (χ1v) is 8.95. The fourth-order valence-corrected chi connectivity index (χ4v) is 4.65. The number of likely N-dealkylation sites (tertiary alicyclic amines) is 1. The lowest BCUT2D eigenvalue weighted by molar-refractivity contribution is -0.143. The van der Waals surface area contributed by atoms with Gasteiger partial charge in [0.15, 0.2) is 0 Å². The molecule has 1 atom stereocenters. The topological polar surface area (TPSA) is 57.7 Å². The van der Waals surface area contributed by atoms with Gasteiger partial charge in [0, 0.05) is 26.1 Å². The highest BCUT2D eigenvalue weighted by atomic mass is 32.2. The average molecular weight is 300 g/mol. The molecule has 0 aliphatic carbocycles. The van der Waals surface area contributed by atoms with E-state index in [2.05, 4.69) is 6.58 Å². The van der Waals surface area contributed by atoms with Crippen LogP contribution < -0.4 is 0 Å². The minimum atomic E-state index is -3.18. The van der Waals surface area contributed by atoms with E-state index < -0.39 is 10.0 Å². The number of hydrogen-bond donors (Lipinski definition) is 0. The Bertz CT molecular complexity index is 485. The van der Waals surface area contributed by atoms with E-state index >= 15 is 0 Å². The van der Waals surface area contributed by atoms with E-state index in [-0.39, 0.29) is 17.2 Å². The van der Waals surface area contributed by atoms with Crippen LogP contribution >= 0.6 is 0 Å². The number of sulfonamides is 1. The van der Waals surface area contributed by atoms with Crippen LogP contribution in [0.25, 0.3) is 0 Å². The largest absolute Gasteiger partial charge is 0.332 e. The highest BCUT2D eigenvalue weighted by Crippen LogP contribution is 2.37. The minimum Gasteiger partial charge on any atom is -0.332 e. The molecule has 0 aromatic heterocycles. The van der Waals surface area contributed by atoms with E-state index in [4.69, 9.17) is 0 Å². The molecule has 1 spiro atoms. The fraction of sp³-hybridized carbons (Fsp3) is 0.786. The van der Waals surface area contributed by atoms with E-state index in [1.54, 1.807) is 17.3 Å². The summed E-state index contributed by atoms with van der Waals surface area (Å²) in [6.45, 7) is 6.93. The predicted molar refractivity (Wildman–Crippen MR) is 78.8 cm³/mol. The second kappa shape index (κ2) is 5.85. The second-order valence-corrected chi connectivity index (χ2v) is 7.97. The number of carbonyl (C=O) groups is 1. The summed E-state index contributed by atoms with van der Waals surface area (Å²) >= 11 is 0. The standard InChI is InChI=1S/C14H24N2O3S/c1-3-10-16-13(17)7-5-8-14(16)9-6-11-15(12-14)20(18,19)4-2/h3H,1,4-12H2,2H3/t14-/m0/s1. The van der Waals surface area contributed by atoms with Crippen LogP contribution in [0.15, 0.2) is 12.7 Å².